The van der Waals surface area contributed by atoms with E-state index < -0.39 is 0 Å². The van der Waals surface area contributed by atoms with Gasteiger partial charge >= 0.3 is 0 Å². The van der Waals surface area contributed by atoms with Crippen LogP contribution in [0.2, 0.25) is 5.02 Å². The molecule has 0 fully saturated rings. The Balaban J connectivity index is 1.75. The smallest absolute Gasteiger partial charge is 0.258 e. The van der Waals surface area contributed by atoms with Crippen molar-refractivity contribution in [2.24, 2.45) is 0 Å². The maximum Gasteiger partial charge on any atom is 0.258 e. The number of hydrogen-bond acceptors (Lipinski definition) is 4. The molecule has 6 heteroatoms. The van der Waals surface area contributed by atoms with Gasteiger partial charge in [-0.05, 0) is 56.5 Å². The van der Waals surface area contributed by atoms with Gasteiger partial charge in [-0.25, -0.2) is 9.97 Å². The van der Waals surface area contributed by atoms with Crippen LogP contribution in [-0.2, 0) is 0 Å². The summed E-state index contributed by atoms with van der Waals surface area (Å²) in [6, 6.07) is 9.56. The van der Waals surface area contributed by atoms with Gasteiger partial charge in [0.1, 0.15) is 0 Å². The van der Waals surface area contributed by atoms with Crippen LogP contribution in [0, 0.1) is 27.7 Å². The van der Waals surface area contributed by atoms with Gasteiger partial charge in [-0.2, -0.15) is 0 Å². The summed E-state index contributed by atoms with van der Waals surface area (Å²) >= 11 is 6.00. The molecular formula is C21H21ClN4O. The molecule has 0 atom stereocenters. The van der Waals surface area contributed by atoms with Crippen molar-refractivity contribution in [2.75, 3.05) is 10.6 Å². The highest BCUT2D eigenvalue weighted by atomic mass is 35.5. The number of halogens is 1. The van der Waals surface area contributed by atoms with E-state index in [1.165, 1.54) is 18.0 Å². The largest absolute Gasteiger partial charge is 0.324 e. The molecule has 2 N–H and O–H groups in total. The van der Waals surface area contributed by atoms with Gasteiger partial charge in [-0.15, -0.1) is 0 Å². The highest BCUT2D eigenvalue weighted by Crippen LogP contribution is 2.24. The Kier molecular flexibility index (Phi) is 5.42. The molecule has 138 valence electrons. The fourth-order valence-corrected chi connectivity index (χ4v) is 3.09. The molecule has 0 aliphatic carbocycles. The number of nitrogens with one attached hydrogen (secondary N) is 2. The number of benzene rings is 2. The van der Waals surface area contributed by atoms with Crippen molar-refractivity contribution in [3.63, 3.8) is 0 Å². The second-order valence-electron chi connectivity index (χ2n) is 6.61. The quantitative estimate of drug-likeness (QED) is 0.639. The predicted molar refractivity (Wildman–Crippen MR) is 110 cm³/mol. The molecule has 0 saturated carbocycles. The minimum absolute atomic E-state index is 0.283. The van der Waals surface area contributed by atoms with E-state index >= 15 is 0 Å². The van der Waals surface area contributed by atoms with Gasteiger partial charge in [-0.3, -0.25) is 4.79 Å². The first-order chi connectivity index (χ1) is 12.8. The number of rotatable bonds is 4. The number of carbonyl (C=O) groups is 1. The van der Waals surface area contributed by atoms with Crippen LogP contribution < -0.4 is 10.6 Å². The maximum atomic E-state index is 12.4. The third kappa shape index (κ3) is 4.44. The minimum atomic E-state index is -0.283. The predicted octanol–water partition coefficient (Wildman–Crippen LogP) is 5.36. The summed E-state index contributed by atoms with van der Waals surface area (Å²) in [6.07, 6.45) is 3.01. The number of aryl methyl sites for hydroxylation is 4. The van der Waals surface area contributed by atoms with Crippen LogP contribution in [0.3, 0.4) is 0 Å². The lowest BCUT2D eigenvalue weighted by Gasteiger charge is -2.13. The number of aromatic nitrogens is 2. The van der Waals surface area contributed by atoms with Gasteiger partial charge in [0, 0.05) is 28.8 Å². The fraction of sp³-hybridized carbons (Fsp3) is 0.190. The molecule has 0 bridgehead atoms. The highest BCUT2D eigenvalue weighted by Gasteiger charge is 2.11. The van der Waals surface area contributed by atoms with Gasteiger partial charge in [-0.1, -0.05) is 35.4 Å². The van der Waals surface area contributed by atoms with E-state index in [2.05, 4.69) is 39.7 Å². The highest BCUT2D eigenvalue weighted by molar-refractivity contribution is 6.31. The lowest BCUT2D eigenvalue weighted by atomic mass is 10.1. The summed E-state index contributed by atoms with van der Waals surface area (Å²) in [7, 11) is 0. The zero-order chi connectivity index (χ0) is 19.6. The number of hydrogen-bond donors (Lipinski definition) is 2. The van der Waals surface area contributed by atoms with E-state index in [1.807, 2.05) is 26.8 Å². The van der Waals surface area contributed by atoms with E-state index in [1.54, 1.807) is 12.1 Å². The number of anilines is 3. The lowest BCUT2D eigenvalue weighted by molar-refractivity contribution is 0.102. The molecule has 5 nitrogen and oxygen atoms in total. The molecule has 3 rings (SSSR count). The second kappa shape index (κ2) is 7.76. The second-order valence-corrected chi connectivity index (χ2v) is 7.04. The van der Waals surface area contributed by atoms with E-state index in [4.69, 9.17) is 11.6 Å². The van der Waals surface area contributed by atoms with Crippen LogP contribution in [0.5, 0.6) is 0 Å². The maximum absolute atomic E-state index is 12.4. The van der Waals surface area contributed by atoms with Crippen LogP contribution in [0.15, 0.2) is 42.7 Å². The van der Waals surface area contributed by atoms with E-state index in [-0.39, 0.29) is 5.91 Å². The number of nitrogens with zero attached hydrogens (tertiary/aromatic N) is 2. The third-order valence-electron chi connectivity index (χ3n) is 4.28. The molecule has 2 aromatic carbocycles. The summed E-state index contributed by atoms with van der Waals surface area (Å²) < 4.78 is 0. The molecule has 1 amide bonds. The van der Waals surface area contributed by atoms with Crippen LogP contribution in [0.4, 0.5) is 17.3 Å². The molecular weight excluding hydrogens is 360 g/mol. The summed E-state index contributed by atoms with van der Waals surface area (Å²) in [5.41, 5.74) is 6.39. The molecule has 0 radical (unpaired) electrons. The summed E-state index contributed by atoms with van der Waals surface area (Å²) in [4.78, 5) is 21.0. The molecule has 0 aliphatic rings. The molecule has 0 unspecified atom stereocenters. The van der Waals surface area contributed by atoms with Crippen molar-refractivity contribution in [2.45, 2.75) is 27.7 Å². The molecule has 0 saturated heterocycles. The van der Waals surface area contributed by atoms with Crippen LogP contribution in [0.1, 0.15) is 32.6 Å². The van der Waals surface area contributed by atoms with Crippen molar-refractivity contribution in [1.82, 2.24) is 9.97 Å². The Labute approximate surface area is 163 Å². The van der Waals surface area contributed by atoms with Crippen LogP contribution in [0.25, 0.3) is 0 Å². The molecule has 1 heterocycles. The average Bonchev–Trinajstić information content (AvgIpc) is 2.61. The van der Waals surface area contributed by atoms with Gasteiger partial charge in [0.15, 0.2) is 0 Å². The third-order valence-corrected chi connectivity index (χ3v) is 4.51. The van der Waals surface area contributed by atoms with E-state index in [0.29, 0.717) is 22.2 Å². The summed E-state index contributed by atoms with van der Waals surface area (Å²) in [5, 5.41) is 6.63. The van der Waals surface area contributed by atoms with Gasteiger partial charge in [0.25, 0.3) is 5.91 Å². The molecule has 27 heavy (non-hydrogen) atoms. The lowest BCUT2D eigenvalue weighted by Crippen LogP contribution is -2.14. The average molecular weight is 381 g/mol. The summed E-state index contributed by atoms with van der Waals surface area (Å²) in [5.74, 6) is 0.162. The van der Waals surface area contributed by atoms with Crippen LogP contribution >= 0.6 is 11.6 Å². The number of carbonyl (C=O) groups excluding carboxylic acids is 1. The van der Waals surface area contributed by atoms with Gasteiger partial charge in [0.05, 0.1) is 5.56 Å². The molecule has 1 aromatic heterocycles. The first-order valence-electron chi connectivity index (χ1n) is 8.58. The Morgan fingerprint density at radius 2 is 1.56 bits per heavy atom. The normalized spacial score (nSPS) is 10.6. The Morgan fingerprint density at radius 3 is 2.19 bits per heavy atom. The SMILES string of the molecule is Cc1cc(C)c(Nc2ncc(C(=O)Nc3cc(Cl)ccc3C)cn2)c(C)c1. The van der Waals surface area contributed by atoms with Crippen LogP contribution in [-0.4, -0.2) is 15.9 Å². The zero-order valence-electron chi connectivity index (χ0n) is 15.7. The topological polar surface area (TPSA) is 66.9 Å². The number of amides is 1. The minimum Gasteiger partial charge on any atom is -0.324 e. The van der Waals surface area contributed by atoms with E-state index in [0.717, 1.165) is 22.4 Å². The standard InChI is InChI=1S/C21H21ClN4O/c1-12-7-14(3)19(15(4)8-12)26-21-23-10-16(11-24-21)20(27)25-18-9-17(22)6-5-13(18)2/h5-11H,1-4H3,(H,25,27)(H,23,24,26). The van der Waals surface area contributed by atoms with Crippen molar-refractivity contribution in [3.05, 3.63) is 75.6 Å². The monoisotopic (exact) mass is 380 g/mol. The van der Waals surface area contributed by atoms with E-state index in [9.17, 15) is 4.79 Å². The first kappa shape index (κ1) is 18.9. The first-order valence-corrected chi connectivity index (χ1v) is 8.95. The molecule has 0 spiro atoms. The Morgan fingerprint density at radius 1 is 0.926 bits per heavy atom. The van der Waals surface area contributed by atoms with Crippen molar-refractivity contribution >= 4 is 34.8 Å². The van der Waals surface area contributed by atoms with Gasteiger partial charge < -0.3 is 10.6 Å². The van der Waals surface area contributed by atoms with Crippen molar-refractivity contribution in [1.29, 1.82) is 0 Å². The van der Waals surface area contributed by atoms with Crippen molar-refractivity contribution in [3.8, 4) is 0 Å². The molecule has 3 aromatic rings. The Hall–Kier alpha value is -2.92. The zero-order valence-corrected chi connectivity index (χ0v) is 16.5. The fourth-order valence-electron chi connectivity index (χ4n) is 2.92. The Bertz CT molecular complexity index is 977. The van der Waals surface area contributed by atoms with Crippen molar-refractivity contribution < 1.29 is 4.79 Å². The van der Waals surface area contributed by atoms with Gasteiger partial charge in [0.2, 0.25) is 5.95 Å². The summed E-state index contributed by atoms with van der Waals surface area (Å²) in [6.45, 7) is 8.05. The molecule has 0 aliphatic heterocycles.